The molecule has 0 aliphatic carbocycles. The molecule has 1 aromatic heterocycles. The zero-order chi connectivity index (χ0) is 23.5. The smallest absolute Gasteiger partial charge is 0.247 e. The lowest BCUT2D eigenvalue weighted by molar-refractivity contribution is -0.129. The number of halogens is 2. The molecular weight excluding hydrogens is 457 g/mol. The number of likely N-dealkylation sites (tertiary alicyclic amines) is 1. The van der Waals surface area contributed by atoms with E-state index < -0.39 is 0 Å². The number of nitrogens with zero attached hydrogens (tertiary/aromatic N) is 1. The third-order valence-electron chi connectivity index (χ3n) is 6.34. The molecule has 1 unspecified atom stereocenters. The van der Waals surface area contributed by atoms with Crippen molar-refractivity contribution < 1.29 is 13.9 Å². The predicted octanol–water partition coefficient (Wildman–Crippen LogP) is 8.00. The van der Waals surface area contributed by atoms with Crippen LogP contribution in [0.25, 0.3) is 27.7 Å². The van der Waals surface area contributed by atoms with E-state index in [0.717, 1.165) is 53.5 Å². The van der Waals surface area contributed by atoms with Crippen LogP contribution in [0.15, 0.2) is 47.1 Å². The Hall–Kier alpha value is -2.43. The molecule has 0 saturated carbocycles. The summed E-state index contributed by atoms with van der Waals surface area (Å²) in [5, 5.41) is 2.04. The van der Waals surface area contributed by atoms with Gasteiger partial charge in [0, 0.05) is 51.8 Å². The van der Waals surface area contributed by atoms with Crippen LogP contribution in [0.4, 0.5) is 0 Å². The monoisotopic (exact) mass is 485 g/mol. The van der Waals surface area contributed by atoms with Gasteiger partial charge in [-0.25, -0.2) is 0 Å². The molecule has 1 aliphatic heterocycles. The Bertz CT molecular complexity index is 1200. The number of furan rings is 1. The zero-order valence-electron chi connectivity index (χ0n) is 19.3. The maximum absolute atomic E-state index is 13.2. The second kappa shape index (κ2) is 10.2. The van der Waals surface area contributed by atoms with Crippen LogP contribution >= 0.6 is 23.2 Å². The highest BCUT2D eigenvalue weighted by Gasteiger charge is 2.24. The number of ether oxygens (including phenoxy) is 1. The van der Waals surface area contributed by atoms with Gasteiger partial charge in [0.05, 0.1) is 17.9 Å². The van der Waals surface area contributed by atoms with Gasteiger partial charge in [-0.05, 0) is 63.3 Å². The van der Waals surface area contributed by atoms with Gasteiger partial charge in [-0.3, -0.25) is 4.79 Å². The number of allylic oxidation sites excluding steroid dienone is 1. The lowest BCUT2D eigenvalue weighted by atomic mass is 9.97. The Morgan fingerprint density at radius 3 is 2.73 bits per heavy atom. The molecule has 1 saturated heterocycles. The first-order valence-electron chi connectivity index (χ1n) is 11.6. The Morgan fingerprint density at radius 1 is 1.18 bits per heavy atom. The molecule has 0 spiro atoms. The van der Waals surface area contributed by atoms with Gasteiger partial charge in [-0.1, -0.05) is 36.2 Å². The van der Waals surface area contributed by atoms with E-state index in [4.69, 9.17) is 32.4 Å². The highest BCUT2D eigenvalue weighted by molar-refractivity contribution is 6.36. The number of rotatable bonds is 6. The van der Waals surface area contributed by atoms with E-state index in [1.54, 1.807) is 18.4 Å². The summed E-state index contributed by atoms with van der Waals surface area (Å²) in [5.41, 5.74) is 4.14. The van der Waals surface area contributed by atoms with Crippen LogP contribution in [-0.2, 0) is 4.79 Å². The Balaban J connectivity index is 1.77. The van der Waals surface area contributed by atoms with Crippen molar-refractivity contribution in [2.45, 2.75) is 52.5 Å². The van der Waals surface area contributed by atoms with Crippen molar-refractivity contribution in [2.24, 2.45) is 0 Å². The number of carbonyl (C=O) groups excluding carboxylic acids is 1. The van der Waals surface area contributed by atoms with Crippen LogP contribution in [0, 0.1) is 0 Å². The van der Waals surface area contributed by atoms with Gasteiger partial charge in [-0.2, -0.15) is 0 Å². The highest BCUT2D eigenvalue weighted by atomic mass is 35.5. The number of fused-ring (bicyclic) bond motifs is 1. The quantitative estimate of drug-likeness (QED) is 0.332. The third kappa shape index (κ3) is 4.92. The van der Waals surface area contributed by atoms with Crippen LogP contribution < -0.4 is 4.74 Å². The van der Waals surface area contributed by atoms with Crippen molar-refractivity contribution in [2.75, 3.05) is 13.2 Å². The van der Waals surface area contributed by atoms with Gasteiger partial charge in [0.15, 0.2) is 0 Å². The molecule has 4 rings (SSSR count). The number of piperidine rings is 1. The normalized spacial score (nSPS) is 16.9. The summed E-state index contributed by atoms with van der Waals surface area (Å²) in [4.78, 5) is 15.2. The average molecular weight is 486 g/mol. The van der Waals surface area contributed by atoms with Crippen LogP contribution in [0.5, 0.6) is 5.75 Å². The molecular formula is C27H29Cl2NO3. The van der Waals surface area contributed by atoms with Crippen LogP contribution in [0.3, 0.4) is 0 Å². The molecule has 1 fully saturated rings. The molecule has 2 aromatic carbocycles. The van der Waals surface area contributed by atoms with Crippen molar-refractivity contribution in [3.05, 3.63) is 58.3 Å². The van der Waals surface area contributed by atoms with Crippen molar-refractivity contribution in [1.29, 1.82) is 0 Å². The van der Waals surface area contributed by atoms with E-state index in [1.165, 1.54) is 6.42 Å². The summed E-state index contributed by atoms with van der Waals surface area (Å²) in [6.45, 7) is 7.39. The van der Waals surface area contributed by atoms with E-state index >= 15 is 0 Å². The number of hydrogen-bond donors (Lipinski definition) is 0. The second-order valence-corrected chi connectivity index (χ2v) is 9.31. The van der Waals surface area contributed by atoms with Gasteiger partial charge in [0.2, 0.25) is 5.91 Å². The van der Waals surface area contributed by atoms with Gasteiger partial charge in [0.1, 0.15) is 11.3 Å². The molecule has 6 heteroatoms. The summed E-state index contributed by atoms with van der Waals surface area (Å²) in [6.07, 6.45) is 7.74. The molecule has 3 aromatic rings. The molecule has 0 bridgehead atoms. The second-order valence-electron chi connectivity index (χ2n) is 8.47. The number of hydrogen-bond acceptors (Lipinski definition) is 3. The molecule has 0 N–H and O–H groups in total. The number of carbonyl (C=O) groups is 1. The Labute approximate surface area is 205 Å². The highest BCUT2D eigenvalue weighted by Crippen LogP contribution is 2.40. The molecule has 4 nitrogen and oxygen atoms in total. The minimum Gasteiger partial charge on any atom is -0.493 e. The summed E-state index contributed by atoms with van der Waals surface area (Å²) < 4.78 is 11.8. The average Bonchev–Trinajstić information content (AvgIpc) is 3.21. The number of amides is 1. The van der Waals surface area contributed by atoms with Gasteiger partial charge >= 0.3 is 0 Å². The third-order valence-corrected chi connectivity index (χ3v) is 6.89. The van der Waals surface area contributed by atoms with Crippen molar-refractivity contribution in [1.82, 2.24) is 4.90 Å². The first kappa shape index (κ1) is 23.7. The SMILES string of the molecule is CCOc1cc2occ(-c3ccc(Cl)cc3Cl)c2cc1/C(C)=C/C(=O)N1CCCCC1CC. The van der Waals surface area contributed by atoms with E-state index in [-0.39, 0.29) is 5.91 Å². The van der Waals surface area contributed by atoms with Crippen molar-refractivity contribution in [3.8, 4) is 16.9 Å². The first-order valence-corrected chi connectivity index (χ1v) is 12.3. The summed E-state index contributed by atoms with van der Waals surface area (Å²) in [5.74, 6) is 0.759. The fourth-order valence-electron chi connectivity index (χ4n) is 4.62. The van der Waals surface area contributed by atoms with Gasteiger partial charge in [-0.15, -0.1) is 0 Å². The van der Waals surface area contributed by atoms with E-state index in [1.807, 2.05) is 43.0 Å². The van der Waals surface area contributed by atoms with E-state index in [9.17, 15) is 4.79 Å². The zero-order valence-corrected chi connectivity index (χ0v) is 20.8. The molecule has 1 amide bonds. The number of benzene rings is 2. The van der Waals surface area contributed by atoms with Crippen LogP contribution in [-0.4, -0.2) is 30.0 Å². The van der Waals surface area contributed by atoms with Gasteiger partial charge in [0.25, 0.3) is 0 Å². The predicted molar refractivity (Wildman–Crippen MR) is 136 cm³/mol. The first-order chi connectivity index (χ1) is 15.9. The molecule has 0 radical (unpaired) electrons. The minimum absolute atomic E-state index is 0.0646. The topological polar surface area (TPSA) is 42.7 Å². The fourth-order valence-corrected chi connectivity index (χ4v) is 5.13. The van der Waals surface area contributed by atoms with Gasteiger partial charge < -0.3 is 14.1 Å². The Kier molecular flexibility index (Phi) is 7.35. The maximum atomic E-state index is 13.2. The molecule has 2 heterocycles. The summed E-state index contributed by atoms with van der Waals surface area (Å²) in [6, 6.07) is 9.65. The molecule has 174 valence electrons. The maximum Gasteiger partial charge on any atom is 0.247 e. The lowest BCUT2D eigenvalue weighted by Gasteiger charge is -2.34. The van der Waals surface area contributed by atoms with Crippen molar-refractivity contribution in [3.63, 3.8) is 0 Å². The fraction of sp³-hybridized carbons (Fsp3) is 0.370. The molecule has 1 aliphatic rings. The summed E-state index contributed by atoms with van der Waals surface area (Å²) >= 11 is 12.6. The lowest BCUT2D eigenvalue weighted by Crippen LogP contribution is -2.42. The van der Waals surface area contributed by atoms with E-state index in [0.29, 0.717) is 34.0 Å². The largest absolute Gasteiger partial charge is 0.493 e. The summed E-state index contributed by atoms with van der Waals surface area (Å²) in [7, 11) is 0. The van der Waals surface area contributed by atoms with Crippen LogP contribution in [0.2, 0.25) is 10.0 Å². The van der Waals surface area contributed by atoms with E-state index in [2.05, 4.69) is 6.92 Å². The molecule has 1 atom stereocenters. The van der Waals surface area contributed by atoms with Crippen LogP contribution in [0.1, 0.15) is 52.0 Å². The Morgan fingerprint density at radius 2 is 2.00 bits per heavy atom. The standard InChI is InChI=1S/C27H29Cl2NO3/c1-4-19-8-6-7-11-30(19)27(31)12-17(3)21-14-22-23(20-10-9-18(28)13-24(20)29)16-33-26(22)15-25(21)32-5-2/h9-10,12-16,19H,4-8,11H2,1-3H3/b17-12+. The minimum atomic E-state index is 0.0646. The van der Waals surface area contributed by atoms with Crippen molar-refractivity contribution >= 4 is 45.7 Å². The molecule has 33 heavy (non-hydrogen) atoms.